The fraction of sp³-hybridized carbons (Fsp3) is 0.167. The molecule has 30 heavy (non-hydrogen) atoms. The average molecular weight is 395 g/mol. The number of rotatable bonds is 4. The number of nitrogens with zero attached hydrogens (tertiary/aromatic N) is 3. The maximum Gasteiger partial charge on any atom is 0.327 e. The van der Waals surface area contributed by atoms with E-state index in [1.54, 1.807) is 48.7 Å². The van der Waals surface area contributed by atoms with Crippen molar-refractivity contribution < 1.29 is 4.79 Å². The summed E-state index contributed by atoms with van der Waals surface area (Å²) < 4.78 is 1.28. The van der Waals surface area contributed by atoms with E-state index in [1.807, 2.05) is 26.0 Å². The number of nitrogens with one attached hydrogen (secondary N) is 2. The summed E-state index contributed by atoms with van der Waals surface area (Å²) in [6, 6.07) is 19.6. The molecular weight excluding hydrogens is 374 g/mol. The zero-order chi connectivity index (χ0) is 21.7. The van der Waals surface area contributed by atoms with Crippen LogP contribution in [0, 0.1) is 34.0 Å². The fourth-order valence-corrected chi connectivity index (χ4v) is 3.07. The summed E-state index contributed by atoms with van der Waals surface area (Å²) in [7, 11) is 0. The monoisotopic (exact) mass is 395 g/mol. The van der Waals surface area contributed by atoms with Crippen LogP contribution in [0.15, 0.2) is 60.8 Å². The Kier molecular flexibility index (Phi) is 6.10. The molecule has 0 fully saturated rings. The summed E-state index contributed by atoms with van der Waals surface area (Å²) in [5.74, 6) is 0.291. The van der Waals surface area contributed by atoms with Gasteiger partial charge in [0, 0.05) is 18.3 Å². The molecule has 1 heterocycles. The molecule has 0 aliphatic rings. The Morgan fingerprint density at radius 1 is 0.967 bits per heavy atom. The molecule has 2 aromatic carbocycles. The summed E-state index contributed by atoms with van der Waals surface area (Å²) in [4.78, 5) is 12.6. The Hall–Kier alpha value is -4.16. The molecule has 0 spiro atoms. The first-order valence-corrected chi connectivity index (χ1v) is 9.54. The number of carbonyl (C=O) groups is 1. The molecule has 0 unspecified atom stereocenters. The Labute approximate surface area is 175 Å². The van der Waals surface area contributed by atoms with Gasteiger partial charge in [-0.2, -0.15) is 10.5 Å². The largest absolute Gasteiger partial charge is 0.337 e. The molecule has 0 aliphatic heterocycles. The van der Waals surface area contributed by atoms with Crippen molar-refractivity contribution in [2.75, 3.05) is 6.54 Å². The van der Waals surface area contributed by atoms with Crippen molar-refractivity contribution in [2.45, 2.75) is 13.8 Å². The first-order chi connectivity index (χ1) is 14.4. The minimum Gasteiger partial charge on any atom is -0.337 e. The van der Waals surface area contributed by atoms with Gasteiger partial charge >= 0.3 is 6.03 Å². The van der Waals surface area contributed by atoms with Crippen LogP contribution in [0.3, 0.4) is 0 Å². The SMILES string of the molecule is CC(C)CNC(=O)n1ccc(-c2ccc(C#N)cc2)c(-c2ccc(C#N)cc2)c1=N. The molecule has 0 saturated carbocycles. The van der Waals surface area contributed by atoms with Crippen molar-refractivity contribution in [2.24, 2.45) is 5.92 Å². The lowest BCUT2D eigenvalue weighted by Crippen LogP contribution is -2.38. The predicted octanol–water partition coefficient (Wildman–Crippen LogP) is 4.26. The van der Waals surface area contributed by atoms with Gasteiger partial charge in [0.25, 0.3) is 0 Å². The molecule has 148 valence electrons. The topological polar surface area (TPSA) is 105 Å². The second kappa shape index (κ2) is 8.89. The second-order valence-electron chi connectivity index (χ2n) is 7.28. The van der Waals surface area contributed by atoms with E-state index in [-0.39, 0.29) is 11.5 Å². The zero-order valence-electron chi connectivity index (χ0n) is 16.8. The lowest BCUT2D eigenvalue weighted by atomic mass is 9.95. The van der Waals surface area contributed by atoms with E-state index in [2.05, 4.69) is 17.5 Å². The highest BCUT2D eigenvalue weighted by Gasteiger charge is 2.15. The third kappa shape index (κ3) is 4.29. The van der Waals surface area contributed by atoms with Gasteiger partial charge in [0.2, 0.25) is 0 Å². The second-order valence-corrected chi connectivity index (χ2v) is 7.28. The van der Waals surface area contributed by atoms with Crippen LogP contribution in [0.2, 0.25) is 0 Å². The van der Waals surface area contributed by atoms with Crippen LogP contribution in [0.4, 0.5) is 4.79 Å². The van der Waals surface area contributed by atoms with E-state index in [4.69, 9.17) is 15.9 Å². The van der Waals surface area contributed by atoms with Crippen LogP contribution >= 0.6 is 0 Å². The third-order valence-electron chi connectivity index (χ3n) is 4.65. The van der Waals surface area contributed by atoms with E-state index >= 15 is 0 Å². The quantitative estimate of drug-likeness (QED) is 0.689. The van der Waals surface area contributed by atoms with E-state index in [1.165, 1.54) is 4.57 Å². The number of nitriles is 2. The number of hydrogen-bond acceptors (Lipinski definition) is 4. The number of hydrogen-bond donors (Lipinski definition) is 2. The number of carbonyl (C=O) groups excluding carboxylic acids is 1. The van der Waals surface area contributed by atoms with E-state index in [0.29, 0.717) is 29.2 Å². The van der Waals surface area contributed by atoms with Gasteiger partial charge in [-0.15, -0.1) is 0 Å². The Morgan fingerprint density at radius 2 is 1.50 bits per heavy atom. The van der Waals surface area contributed by atoms with E-state index < -0.39 is 0 Å². The highest BCUT2D eigenvalue weighted by atomic mass is 16.2. The van der Waals surface area contributed by atoms with Crippen molar-refractivity contribution in [3.8, 4) is 34.4 Å². The van der Waals surface area contributed by atoms with Gasteiger partial charge in [-0.3, -0.25) is 9.98 Å². The Balaban J connectivity index is 2.17. The molecule has 6 heteroatoms. The van der Waals surface area contributed by atoms with Gasteiger partial charge < -0.3 is 5.32 Å². The number of pyridine rings is 1. The van der Waals surface area contributed by atoms with Crippen molar-refractivity contribution >= 4 is 6.03 Å². The molecular formula is C24H21N5O. The van der Waals surface area contributed by atoms with Gasteiger partial charge in [0.05, 0.1) is 23.3 Å². The molecule has 0 radical (unpaired) electrons. The van der Waals surface area contributed by atoms with Gasteiger partial charge in [0.1, 0.15) is 5.49 Å². The molecule has 0 atom stereocenters. The van der Waals surface area contributed by atoms with Gasteiger partial charge in [-0.25, -0.2) is 4.79 Å². The van der Waals surface area contributed by atoms with Gasteiger partial charge in [0.15, 0.2) is 0 Å². The molecule has 0 aliphatic carbocycles. The Bertz CT molecular complexity index is 1210. The summed E-state index contributed by atoms with van der Waals surface area (Å²) >= 11 is 0. The molecule has 1 aromatic heterocycles. The maximum atomic E-state index is 12.6. The van der Waals surface area contributed by atoms with Crippen LogP contribution in [0.5, 0.6) is 0 Å². The molecule has 3 aromatic rings. The van der Waals surface area contributed by atoms with Gasteiger partial charge in [-0.05, 0) is 52.9 Å². The smallest absolute Gasteiger partial charge is 0.327 e. The summed E-state index contributed by atoms with van der Waals surface area (Å²) in [6.45, 7) is 4.51. The summed E-state index contributed by atoms with van der Waals surface area (Å²) in [5.41, 5.74) is 4.00. The molecule has 3 rings (SSSR count). The van der Waals surface area contributed by atoms with Crippen LogP contribution in [0.25, 0.3) is 22.3 Å². The van der Waals surface area contributed by atoms with Crippen LogP contribution in [0.1, 0.15) is 25.0 Å². The molecule has 1 amide bonds. The highest BCUT2D eigenvalue weighted by molar-refractivity contribution is 5.85. The number of amides is 1. The maximum absolute atomic E-state index is 12.6. The van der Waals surface area contributed by atoms with Crippen molar-refractivity contribution in [3.63, 3.8) is 0 Å². The molecule has 2 N–H and O–H groups in total. The minimum atomic E-state index is -0.366. The first kappa shape index (κ1) is 20.6. The van der Waals surface area contributed by atoms with E-state index in [9.17, 15) is 4.79 Å². The van der Waals surface area contributed by atoms with Gasteiger partial charge in [-0.1, -0.05) is 38.1 Å². The normalized spacial score (nSPS) is 10.3. The van der Waals surface area contributed by atoms with Crippen LogP contribution < -0.4 is 10.8 Å². The lowest BCUT2D eigenvalue weighted by Gasteiger charge is -2.16. The van der Waals surface area contributed by atoms with Crippen LogP contribution in [-0.2, 0) is 0 Å². The lowest BCUT2D eigenvalue weighted by molar-refractivity contribution is 0.240. The molecule has 6 nitrogen and oxygen atoms in total. The van der Waals surface area contributed by atoms with Crippen molar-refractivity contribution in [1.82, 2.24) is 9.88 Å². The standard InChI is InChI=1S/C24H21N5O/c1-16(2)15-28-24(30)29-12-11-21(19-7-3-17(13-25)4-8-19)22(23(29)27)20-9-5-18(14-26)6-10-20/h3-12,16,27H,15H2,1-2H3,(H,28,30). The number of aromatic nitrogens is 1. The van der Waals surface area contributed by atoms with Crippen molar-refractivity contribution in [3.05, 3.63) is 77.4 Å². The summed E-state index contributed by atoms with van der Waals surface area (Å²) in [5, 5.41) is 29.7. The van der Waals surface area contributed by atoms with Crippen LogP contribution in [-0.4, -0.2) is 17.1 Å². The third-order valence-corrected chi connectivity index (χ3v) is 4.65. The zero-order valence-corrected chi connectivity index (χ0v) is 16.8. The average Bonchev–Trinajstić information content (AvgIpc) is 2.77. The minimum absolute atomic E-state index is 0.0443. The first-order valence-electron chi connectivity index (χ1n) is 9.54. The number of benzene rings is 2. The predicted molar refractivity (Wildman–Crippen MR) is 114 cm³/mol. The van der Waals surface area contributed by atoms with Crippen molar-refractivity contribution in [1.29, 1.82) is 15.9 Å². The highest BCUT2D eigenvalue weighted by Crippen LogP contribution is 2.29. The van der Waals surface area contributed by atoms with E-state index in [0.717, 1.165) is 16.7 Å². The summed E-state index contributed by atoms with van der Waals surface area (Å²) in [6.07, 6.45) is 1.58. The molecule has 0 bridgehead atoms. The fourth-order valence-electron chi connectivity index (χ4n) is 3.07. The Morgan fingerprint density at radius 3 is 2.00 bits per heavy atom. The molecule has 0 saturated heterocycles.